The van der Waals surface area contributed by atoms with Crippen molar-refractivity contribution in [3.8, 4) is 0 Å². The predicted octanol–water partition coefficient (Wildman–Crippen LogP) is 1.57. The van der Waals surface area contributed by atoms with Crippen LogP contribution in [0.5, 0.6) is 0 Å². The molecule has 0 aromatic rings. The molecule has 1 fully saturated rings. The van der Waals surface area contributed by atoms with Crippen LogP contribution in [0.15, 0.2) is 0 Å². The van der Waals surface area contributed by atoms with E-state index in [9.17, 15) is 0 Å². The van der Waals surface area contributed by atoms with Crippen molar-refractivity contribution in [2.45, 2.75) is 25.7 Å². The van der Waals surface area contributed by atoms with Crippen LogP contribution in [0.25, 0.3) is 0 Å². The Kier molecular flexibility index (Phi) is 5.06. The highest BCUT2D eigenvalue weighted by molar-refractivity contribution is 5.85. The Hall–Kier alpha value is 0.210. The quantitative estimate of drug-likeness (QED) is 0.711. The van der Waals surface area contributed by atoms with Crippen LogP contribution in [0.3, 0.4) is 0 Å². The fraction of sp³-hybridized carbons (Fsp3) is 1.00. The molecule has 0 saturated heterocycles. The number of halogens is 1. The number of nitrogens with two attached hydrogens (primary N) is 1. The zero-order chi connectivity index (χ0) is 7.45. The average molecular weight is 180 g/mol. The number of hydrogen-bond acceptors (Lipinski definition) is 2. The van der Waals surface area contributed by atoms with Crippen molar-refractivity contribution < 1.29 is 4.74 Å². The lowest BCUT2D eigenvalue weighted by Gasteiger charge is -2.41. The molecule has 1 rings (SSSR count). The van der Waals surface area contributed by atoms with E-state index in [0.29, 0.717) is 5.41 Å². The van der Waals surface area contributed by atoms with Gasteiger partial charge >= 0.3 is 0 Å². The third kappa shape index (κ3) is 2.62. The standard InChI is InChI=1S/C8H17NO.ClH/c1-10-7-8(5-6-9)3-2-4-8;/h2-7,9H2,1H3;1H. The average Bonchev–Trinajstić information content (AvgIpc) is 1.84. The molecule has 68 valence electrons. The number of ether oxygens (including phenoxy) is 1. The van der Waals surface area contributed by atoms with Gasteiger partial charge in [0.25, 0.3) is 0 Å². The Balaban J connectivity index is 0.000001000. The summed E-state index contributed by atoms with van der Waals surface area (Å²) in [4.78, 5) is 0. The summed E-state index contributed by atoms with van der Waals surface area (Å²) >= 11 is 0. The van der Waals surface area contributed by atoms with Crippen molar-refractivity contribution in [3.63, 3.8) is 0 Å². The first kappa shape index (κ1) is 11.2. The molecule has 2 nitrogen and oxygen atoms in total. The van der Waals surface area contributed by atoms with E-state index in [-0.39, 0.29) is 12.4 Å². The van der Waals surface area contributed by atoms with Crippen molar-refractivity contribution in [1.29, 1.82) is 0 Å². The highest BCUT2D eigenvalue weighted by atomic mass is 35.5. The van der Waals surface area contributed by atoms with E-state index in [1.54, 1.807) is 7.11 Å². The molecular weight excluding hydrogens is 162 g/mol. The zero-order valence-electron chi connectivity index (χ0n) is 7.14. The molecular formula is C8H18ClNO. The van der Waals surface area contributed by atoms with Crippen LogP contribution in [0.4, 0.5) is 0 Å². The number of rotatable bonds is 4. The molecule has 0 bridgehead atoms. The molecule has 0 amide bonds. The molecule has 1 aliphatic rings. The second kappa shape index (κ2) is 4.96. The minimum atomic E-state index is 0. The van der Waals surface area contributed by atoms with Gasteiger partial charge < -0.3 is 10.5 Å². The molecule has 1 aliphatic carbocycles. The van der Waals surface area contributed by atoms with E-state index >= 15 is 0 Å². The molecule has 3 heteroatoms. The monoisotopic (exact) mass is 179 g/mol. The molecule has 0 heterocycles. The lowest BCUT2D eigenvalue weighted by atomic mass is 9.67. The Morgan fingerprint density at radius 2 is 2.09 bits per heavy atom. The molecule has 0 aromatic carbocycles. The Bertz CT molecular complexity index is 96.3. The largest absolute Gasteiger partial charge is 0.384 e. The van der Waals surface area contributed by atoms with Crippen LogP contribution in [0, 0.1) is 5.41 Å². The van der Waals surface area contributed by atoms with Gasteiger partial charge in [-0.2, -0.15) is 0 Å². The van der Waals surface area contributed by atoms with Gasteiger partial charge in [-0.05, 0) is 31.2 Å². The molecule has 0 atom stereocenters. The van der Waals surface area contributed by atoms with E-state index in [1.165, 1.54) is 19.3 Å². The maximum absolute atomic E-state index is 5.50. The number of hydrogen-bond donors (Lipinski definition) is 1. The van der Waals surface area contributed by atoms with E-state index in [4.69, 9.17) is 10.5 Å². The number of methoxy groups -OCH3 is 1. The van der Waals surface area contributed by atoms with Crippen molar-refractivity contribution >= 4 is 12.4 Å². The fourth-order valence-corrected chi connectivity index (χ4v) is 1.76. The Labute approximate surface area is 74.9 Å². The smallest absolute Gasteiger partial charge is 0.0519 e. The molecule has 0 aromatic heterocycles. The topological polar surface area (TPSA) is 35.2 Å². The minimum absolute atomic E-state index is 0. The van der Waals surface area contributed by atoms with Gasteiger partial charge in [-0.25, -0.2) is 0 Å². The second-order valence-corrected chi connectivity index (χ2v) is 3.33. The van der Waals surface area contributed by atoms with Crippen LogP contribution >= 0.6 is 12.4 Å². The van der Waals surface area contributed by atoms with Gasteiger partial charge in [0.05, 0.1) is 6.61 Å². The summed E-state index contributed by atoms with van der Waals surface area (Å²) in [7, 11) is 1.77. The van der Waals surface area contributed by atoms with Gasteiger partial charge in [-0.15, -0.1) is 12.4 Å². The van der Waals surface area contributed by atoms with Crippen molar-refractivity contribution in [1.82, 2.24) is 0 Å². The summed E-state index contributed by atoms with van der Waals surface area (Å²) in [6.45, 7) is 1.72. The molecule has 1 saturated carbocycles. The highest BCUT2D eigenvalue weighted by Crippen LogP contribution is 2.43. The normalized spacial score (nSPS) is 20.2. The molecule has 0 aliphatic heterocycles. The Morgan fingerprint density at radius 3 is 2.36 bits per heavy atom. The van der Waals surface area contributed by atoms with Crippen molar-refractivity contribution in [2.75, 3.05) is 20.3 Å². The van der Waals surface area contributed by atoms with Crippen LogP contribution in [0.2, 0.25) is 0 Å². The lowest BCUT2D eigenvalue weighted by molar-refractivity contribution is 0.0125. The first-order valence-electron chi connectivity index (χ1n) is 4.02. The van der Waals surface area contributed by atoms with E-state index in [1.807, 2.05) is 0 Å². The zero-order valence-corrected chi connectivity index (χ0v) is 7.95. The van der Waals surface area contributed by atoms with Gasteiger partial charge in [0.1, 0.15) is 0 Å². The summed E-state index contributed by atoms with van der Waals surface area (Å²) < 4.78 is 5.15. The van der Waals surface area contributed by atoms with Crippen LogP contribution in [-0.2, 0) is 4.74 Å². The first-order chi connectivity index (χ1) is 4.83. The van der Waals surface area contributed by atoms with Crippen molar-refractivity contribution in [3.05, 3.63) is 0 Å². The molecule has 0 unspecified atom stereocenters. The highest BCUT2D eigenvalue weighted by Gasteiger charge is 2.35. The third-order valence-electron chi connectivity index (χ3n) is 2.54. The van der Waals surface area contributed by atoms with Gasteiger partial charge in [0.15, 0.2) is 0 Å². The summed E-state index contributed by atoms with van der Waals surface area (Å²) in [6.07, 6.45) is 5.14. The lowest BCUT2D eigenvalue weighted by Crippen LogP contribution is -2.36. The van der Waals surface area contributed by atoms with Gasteiger partial charge in [-0.1, -0.05) is 6.42 Å². The summed E-state index contributed by atoms with van der Waals surface area (Å²) in [6, 6.07) is 0. The SMILES string of the molecule is COCC1(CCN)CCC1.Cl. The van der Waals surface area contributed by atoms with E-state index in [2.05, 4.69) is 0 Å². The summed E-state index contributed by atoms with van der Waals surface area (Å²) in [5.74, 6) is 0. The fourth-order valence-electron chi connectivity index (χ4n) is 1.76. The first-order valence-corrected chi connectivity index (χ1v) is 4.02. The summed E-state index contributed by atoms with van der Waals surface area (Å²) in [5, 5.41) is 0. The summed E-state index contributed by atoms with van der Waals surface area (Å²) in [5.41, 5.74) is 5.97. The van der Waals surface area contributed by atoms with Gasteiger partial charge in [0.2, 0.25) is 0 Å². The van der Waals surface area contributed by atoms with Crippen LogP contribution in [0.1, 0.15) is 25.7 Å². The predicted molar refractivity (Wildman–Crippen MR) is 49.1 cm³/mol. The van der Waals surface area contributed by atoms with Crippen molar-refractivity contribution in [2.24, 2.45) is 11.1 Å². The maximum Gasteiger partial charge on any atom is 0.0519 e. The second-order valence-electron chi connectivity index (χ2n) is 3.33. The van der Waals surface area contributed by atoms with E-state index < -0.39 is 0 Å². The molecule has 0 spiro atoms. The van der Waals surface area contributed by atoms with Crippen LogP contribution in [-0.4, -0.2) is 20.3 Å². The third-order valence-corrected chi connectivity index (χ3v) is 2.54. The van der Waals surface area contributed by atoms with E-state index in [0.717, 1.165) is 19.6 Å². The van der Waals surface area contributed by atoms with Gasteiger partial charge in [0, 0.05) is 7.11 Å². The maximum atomic E-state index is 5.50. The molecule has 11 heavy (non-hydrogen) atoms. The molecule has 2 N–H and O–H groups in total. The minimum Gasteiger partial charge on any atom is -0.384 e. The molecule has 0 radical (unpaired) electrons. The van der Waals surface area contributed by atoms with Crippen LogP contribution < -0.4 is 5.73 Å². The van der Waals surface area contributed by atoms with Gasteiger partial charge in [-0.3, -0.25) is 0 Å². The Morgan fingerprint density at radius 1 is 1.45 bits per heavy atom.